The van der Waals surface area contributed by atoms with Crippen LogP contribution in [0.2, 0.25) is 0 Å². The number of ether oxygens (including phenoxy) is 1. The lowest BCUT2D eigenvalue weighted by Gasteiger charge is -2.27. The number of hydrogen-bond donors (Lipinski definition) is 2. The molecule has 0 heterocycles. The van der Waals surface area contributed by atoms with Gasteiger partial charge in [-0.2, -0.15) is 0 Å². The van der Waals surface area contributed by atoms with Crippen molar-refractivity contribution in [2.75, 3.05) is 0 Å². The third-order valence-electron chi connectivity index (χ3n) is 4.84. The smallest absolute Gasteiger partial charge is 0.256 e. The molecule has 3 rings (SSSR count). The lowest BCUT2D eigenvalue weighted by atomic mass is 9.88. The van der Waals surface area contributed by atoms with Crippen LogP contribution in [-0.2, 0) is 23.5 Å². The summed E-state index contributed by atoms with van der Waals surface area (Å²) >= 11 is 0. The van der Waals surface area contributed by atoms with E-state index in [0.29, 0.717) is 37.3 Å². The summed E-state index contributed by atoms with van der Waals surface area (Å²) < 4.78 is 5.87. The fraction of sp³-hybridized carbons (Fsp3) is 0.240. The van der Waals surface area contributed by atoms with E-state index in [9.17, 15) is 9.90 Å². The molecule has 1 atom stereocenters. The molecule has 0 radical (unpaired) electrons. The van der Waals surface area contributed by atoms with E-state index >= 15 is 0 Å². The molecule has 1 unspecified atom stereocenters. The van der Waals surface area contributed by atoms with Gasteiger partial charge in [0.1, 0.15) is 12.4 Å². The summed E-state index contributed by atoms with van der Waals surface area (Å²) in [6.07, 6.45) is 1.00. The number of amides is 1. The molecule has 0 bridgehead atoms. The van der Waals surface area contributed by atoms with Crippen LogP contribution in [0.5, 0.6) is 5.75 Å². The van der Waals surface area contributed by atoms with Gasteiger partial charge in [-0.1, -0.05) is 86.1 Å². The summed E-state index contributed by atoms with van der Waals surface area (Å²) in [6, 6.07) is 26.7. The maximum Gasteiger partial charge on any atom is 0.256 e. The first-order chi connectivity index (χ1) is 14.1. The van der Waals surface area contributed by atoms with Gasteiger partial charge in [-0.15, -0.1) is 0 Å². The highest BCUT2D eigenvalue weighted by Gasteiger charge is 2.37. The van der Waals surface area contributed by atoms with E-state index in [1.54, 1.807) is 18.2 Å². The quantitative estimate of drug-likeness (QED) is 0.564. The van der Waals surface area contributed by atoms with Gasteiger partial charge in [0.2, 0.25) is 0 Å². The van der Waals surface area contributed by atoms with Gasteiger partial charge in [-0.3, -0.25) is 4.79 Å². The Morgan fingerprint density at radius 2 is 1.59 bits per heavy atom. The Morgan fingerprint density at radius 1 is 0.931 bits per heavy atom. The molecule has 4 nitrogen and oxygen atoms in total. The van der Waals surface area contributed by atoms with Crippen LogP contribution in [0.25, 0.3) is 0 Å². The van der Waals surface area contributed by atoms with Gasteiger partial charge in [0, 0.05) is 6.54 Å². The first-order valence-electron chi connectivity index (χ1n) is 9.93. The number of rotatable bonds is 9. The fourth-order valence-corrected chi connectivity index (χ4v) is 3.26. The molecule has 0 saturated heterocycles. The lowest BCUT2D eigenvalue weighted by Crippen LogP contribution is -2.44. The minimum Gasteiger partial charge on any atom is -0.489 e. The predicted molar refractivity (Wildman–Crippen MR) is 114 cm³/mol. The third kappa shape index (κ3) is 5.46. The van der Waals surface area contributed by atoms with Gasteiger partial charge in [0.05, 0.1) is 0 Å². The van der Waals surface area contributed by atoms with E-state index < -0.39 is 11.5 Å². The minimum atomic E-state index is -1.60. The van der Waals surface area contributed by atoms with Crippen molar-refractivity contribution in [2.24, 2.45) is 0 Å². The summed E-state index contributed by atoms with van der Waals surface area (Å²) in [4.78, 5) is 12.9. The van der Waals surface area contributed by atoms with Crippen molar-refractivity contribution in [3.8, 4) is 5.75 Å². The average molecular weight is 389 g/mol. The van der Waals surface area contributed by atoms with Crippen molar-refractivity contribution in [1.82, 2.24) is 5.32 Å². The van der Waals surface area contributed by atoms with Gasteiger partial charge in [-0.05, 0) is 35.2 Å². The molecular formula is C25H27NO3. The van der Waals surface area contributed by atoms with Gasteiger partial charge in [0.15, 0.2) is 5.60 Å². The summed E-state index contributed by atoms with van der Waals surface area (Å²) in [5.74, 6) is 0.222. The van der Waals surface area contributed by atoms with Crippen molar-refractivity contribution in [1.29, 1.82) is 0 Å². The number of hydrogen-bond acceptors (Lipinski definition) is 3. The van der Waals surface area contributed by atoms with Crippen LogP contribution in [0.1, 0.15) is 36.5 Å². The third-order valence-corrected chi connectivity index (χ3v) is 4.84. The maximum absolute atomic E-state index is 12.9. The second-order valence-electron chi connectivity index (χ2n) is 7.08. The Morgan fingerprint density at radius 3 is 2.24 bits per heavy atom. The number of nitrogens with one attached hydrogen (secondary N) is 1. The van der Waals surface area contributed by atoms with Crippen LogP contribution in [0.3, 0.4) is 0 Å². The fourth-order valence-electron chi connectivity index (χ4n) is 3.26. The van der Waals surface area contributed by atoms with Crippen LogP contribution in [0, 0.1) is 0 Å². The molecule has 3 aromatic carbocycles. The Hall–Kier alpha value is -3.11. The molecule has 0 saturated carbocycles. The monoisotopic (exact) mass is 389 g/mol. The van der Waals surface area contributed by atoms with Gasteiger partial charge >= 0.3 is 0 Å². The van der Waals surface area contributed by atoms with Crippen molar-refractivity contribution < 1.29 is 14.6 Å². The van der Waals surface area contributed by atoms with E-state index in [2.05, 4.69) is 5.32 Å². The SMILES string of the molecule is CCCC(O)(C(=O)NCc1ccccc1)c1cccc(OCc2ccccc2)c1. The minimum absolute atomic E-state index is 0.329. The van der Waals surface area contributed by atoms with Gasteiger partial charge < -0.3 is 15.2 Å². The van der Waals surface area contributed by atoms with E-state index in [4.69, 9.17) is 4.74 Å². The zero-order valence-corrected chi connectivity index (χ0v) is 16.7. The molecule has 3 aromatic rings. The van der Waals surface area contributed by atoms with Crippen molar-refractivity contribution in [3.05, 3.63) is 102 Å². The maximum atomic E-state index is 12.9. The van der Waals surface area contributed by atoms with E-state index in [-0.39, 0.29) is 0 Å². The number of carbonyl (C=O) groups excluding carboxylic acids is 1. The Bertz CT molecular complexity index is 912. The molecule has 29 heavy (non-hydrogen) atoms. The van der Waals surface area contributed by atoms with Gasteiger partial charge in [-0.25, -0.2) is 0 Å². The van der Waals surface area contributed by atoms with Crippen LogP contribution in [-0.4, -0.2) is 11.0 Å². The first kappa shape index (κ1) is 20.6. The molecule has 2 N–H and O–H groups in total. The zero-order chi connectivity index (χ0) is 20.5. The van der Waals surface area contributed by atoms with Crippen molar-refractivity contribution in [3.63, 3.8) is 0 Å². The van der Waals surface area contributed by atoms with E-state index in [0.717, 1.165) is 11.1 Å². The molecule has 0 aliphatic rings. The summed E-state index contributed by atoms with van der Waals surface area (Å²) in [6.45, 7) is 2.75. The Labute approximate surface area is 172 Å². The molecule has 1 amide bonds. The average Bonchev–Trinajstić information content (AvgIpc) is 2.77. The van der Waals surface area contributed by atoms with Crippen LogP contribution >= 0.6 is 0 Å². The number of carbonyl (C=O) groups is 1. The normalized spacial score (nSPS) is 12.8. The molecule has 0 aromatic heterocycles. The Kier molecular flexibility index (Phi) is 7.04. The zero-order valence-electron chi connectivity index (χ0n) is 16.7. The number of aliphatic hydroxyl groups is 1. The highest BCUT2D eigenvalue weighted by atomic mass is 16.5. The first-order valence-corrected chi connectivity index (χ1v) is 9.93. The van der Waals surface area contributed by atoms with E-state index in [1.807, 2.05) is 73.7 Å². The molecule has 0 aliphatic carbocycles. The van der Waals surface area contributed by atoms with Gasteiger partial charge in [0.25, 0.3) is 5.91 Å². The highest BCUT2D eigenvalue weighted by Crippen LogP contribution is 2.30. The molecule has 0 fully saturated rings. The van der Waals surface area contributed by atoms with Crippen molar-refractivity contribution >= 4 is 5.91 Å². The summed E-state index contributed by atoms with van der Waals surface area (Å²) in [5, 5.41) is 14.1. The topological polar surface area (TPSA) is 58.6 Å². The molecular weight excluding hydrogens is 362 g/mol. The molecule has 0 aliphatic heterocycles. The van der Waals surface area contributed by atoms with E-state index in [1.165, 1.54) is 0 Å². The molecule has 4 heteroatoms. The lowest BCUT2D eigenvalue weighted by molar-refractivity contribution is -0.142. The Balaban J connectivity index is 1.73. The predicted octanol–water partition coefficient (Wildman–Crippen LogP) is 4.57. The highest BCUT2D eigenvalue weighted by molar-refractivity contribution is 5.86. The summed E-state index contributed by atoms with van der Waals surface area (Å²) in [7, 11) is 0. The van der Waals surface area contributed by atoms with Crippen LogP contribution in [0.4, 0.5) is 0 Å². The largest absolute Gasteiger partial charge is 0.489 e. The summed E-state index contributed by atoms with van der Waals surface area (Å²) in [5.41, 5.74) is 0.979. The number of benzene rings is 3. The second-order valence-corrected chi connectivity index (χ2v) is 7.08. The molecule has 150 valence electrons. The standard InChI is InChI=1S/C25H27NO3/c1-2-16-25(28,24(27)26-18-20-10-5-3-6-11-20)22-14-9-15-23(17-22)29-19-21-12-7-4-8-13-21/h3-15,17,28H,2,16,18-19H2,1H3,(H,26,27). The second kappa shape index (κ2) is 9.89. The van der Waals surface area contributed by atoms with Crippen molar-refractivity contribution in [2.45, 2.75) is 38.5 Å². The molecule has 0 spiro atoms. The van der Waals surface area contributed by atoms with Crippen LogP contribution < -0.4 is 10.1 Å². The van der Waals surface area contributed by atoms with Crippen LogP contribution in [0.15, 0.2) is 84.9 Å².